The van der Waals surface area contributed by atoms with Gasteiger partial charge in [-0.25, -0.2) is 13.6 Å². The van der Waals surface area contributed by atoms with E-state index < -0.39 is 14.9 Å². The number of primary sulfonamides is 1. The molecule has 0 bridgehead atoms. The Kier molecular flexibility index (Phi) is 4.19. The summed E-state index contributed by atoms with van der Waals surface area (Å²) < 4.78 is 21.4. The number of rotatable bonds is 5. The smallest absolute Gasteiger partial charge is 0.292 e. The Labute approximate surface area is 103 Å². The highest BCUT2D eigenvalue weighted by atomic mass is 32.2. The van der Waals surface area contributed by atoms with Gasteiger partial charge in [-0.1, -0.05) is 0 Å². The second kappa shape index (κ2) is 5.44. The Hall–Kier alpha value is -2.18. The molecular weight excluding hydrogens is 260 g/mol. The molecule has 0 aliphatic carbocycles. The van der Waals surface area contributed by atoms with E-state index in [1.54, 1.807) is 0 Å². The lowest BCUT2D eigenvalue weighted by atomic mass is 10.2. The molecule has 96 valence electrons. The molecule has 18 heavy (non-hydrogen) atoms. The van der Waals surface area contributed by atoms with E-state index in [0.29, 0.717) is 0 Å². The summed E-state index contributed by atoms with van der Waals surface area (Å²) in [5.74, 6) is -0.360. The molecule has 0 aliphatic rings. The third-order valence-electron chi connectivity index (χ3n) is 2.02. The Morgan fingerprint density at radius 2 is 2.17 bits per heavy atom. The SMILES string of the molecule is N#Cc1ccc([N+](=O)[O-])c(NCCS(N)(=O)=O)c1. The molecule has 0 atom stereocenters. The van der Waals surface area contributed by atoms with Crippen LogP contribution in [0, 0.1) is 21.4 Å². The van der Waals surface area contributed by atoms with Gasteiger partial charge in [0.05, 0.1) is 22.3 Å². The molecule has 9 heteroatoms. The van der Waals surface area contributed by atoms with Crippen molar-refractivity contribution in [3.8, 4) is 6.07 Å². The van der Waals surface area contributed by atoms with Gasteiger partial charge in [0.1, 0.15) is 5.69 Å². The number of hydrogen-bond donors (Lipinski definition) is 2. The largest absolute Gasteiger partial charge is 0.378 e. The quantitative estimate of drug-likeness (QED) is 0.577. The fourth-order valence-electron chi connectivity index (χ4n) is 1.23. The predicted octanol–water partition coefficient (Wildman–Crippen LogP) is 0.167. The van der Waals surface area contributed by atoms with E-state index in [4.69, 9.17) is 10.4 Å². The summed E-state index contributed by atoms with van der Waals surface area (Å²) >= 11 is 0. The van der Waals surface area contributed by atoms with Crippen LogP contribution in [0.4, 0.5) is 11.4 Å². The minimum absolute atomic E-state index is 0.0748. The Morgan fingerprint density at radius 3 is 2.67 bits per heavy atom. The lowest BCUT2D eigenvalue weighted by Gasteiger charge is -2.06. The topological polar surface area (TPSA) is 139 Å². The van der Waals surface area contributed by atoms with Gasteiger partial charge in [-0.2, -0.15) is 5.26 Å². The number of nitriles is 1. The summed E-state index contributed by atoms with van der Waals surface area (Å²) in [5.41, 5.74) is 0.0878. The highest BCUT2D eigenvalue weighted by molar-refractivity contribution is 7.89. The summed E-state index contributed by atoms with van der Waals surface area (Å²) in [5, 5.41) is 26.8. The monoisotopic (exact) mass is 270 g/mol. The van der Waals surface area contributed by atoms with E-state index in [1.165, 1.54) is 18.2 Å². The Morgan fingerprint density at radius 1 is 1.50 bits per heavy atom. The first-order valence-corrected chi connectivity index (χ1v) is 6.48. The molecule has 1 rings (SSSR count). The molecule has 8 nitrogen and oxygen atoms in total. The van der Waals surface area contributed by atoms with Crippen molar-refractivity contribution in [3.63, 3.8) is 0 Å². The van der Waals surface area contributed by atoms with Crippen LogP contribution >= 0.6 is 0 Å². The average Bonchev–Trinajstić information content (AvgIpc) is 2.26. The zero-order chi connectivity index (χ0) is 13.8. The average molecular weight is 270 g/mol. The molecule has 0 radical (unpaired) electrons. The van der Waals surface area contributed by atoms with Crippen LogP contribution in [0.5, 0.6) is 0 Å². The van der Waals surface area contributed by atoms with E-state index in [2.05, 4.69) is 5.32 Å². The molecule has 0 amide bonds. The molecule has 1 aromatic carbocycles. The van der Waals surface area contributed by atoms with Gasteiger partial charge in [0.15, 0.2) is 0 Å². The van der Waals surface area contributed by atoms with Gasteiger partial charge in [-0.15, -0.1) is 0 Å². The molecule has 0 saturated heterocycles. The molecule has 0 heterocycles. The molecule has 0 saturated carbocycles. The third kappa shape index (κ3) is 4.00. The maximum Gasteiger partial charge on any atom is 0.292 e. The summed E-state index contributed by atoms with van der Waals surface area (Å²) in [4.78, 5) is 10.1. The number of nitro benzene ring substituents is 1. The predicted molar refractivity (Wildman–Crippen MR) is 64.3 cm³/mol. The number of nitrogens with two attached hydrogens (primary N) is 1. The first kappa shape index (κ1) is 13.9. The Bertz CT molecular complexity index is 605. The highest BCUT2D eigenvalue weighted by Gasteiger charge is 2.14. The molecular formula is C9H10N4O4S. The van der Waals surface area contributed by atoms with Crippen molar-refractivity contribution in [2.75, 3.05) is 17.6 Å². The second-order valence-corrected chi connectivity index (χ2v) is 5.13. The lowest BCUT2D eigenvalue weighted by Crippen LogP contribution is -2.22. The summed E-state index contributed by atoms with van der Waals surface area (Å²) in [6.45, 7) is -0.0748. The molecule has 0 fully saturated rings. The fraction of sp³-hybridized carbons (Fsp3) is 0.222. The minimum Gasteiger partial charge on any atom is -0.378 e. The zero-order valence-electron chi connectivity index (χ0n) is 9.16. The first-order valence-electron chi connectivity index (χ1n) is 4.76. The summed E-state index contributed by atoms with van der Waals surface area (Å²) in [7, 11) is -3.64. The van der Waals surface area contributed by atoms with Crippen molar-refractivity contribution >= 4 is 21.4 Å². The van der Waals surface area contributed by atoms with E-state index in [0.717, 1.165) is 0 Å². The van der Waals surface area contributed by atoms with Crippen LogP contribution in [0.2, 0.25) is 0 Å². The molecule has 3 N–H and O–H groups in total. The molecule has 0 spiro atoms. The van der Waals surface area contributed by atoms with Gasteiger partial charge >= 0.3 is 0 Å². The number of anilines is 1. The summed E-state index contributed by atoms with van der Waals surface area (Å²) in [6.07, 6.45) is 0. The van der Waals surface area contributed by atoms with E-state index >= 15 is 0 Å². The summed E-state index contributed by atoms with van der Waals surface area (Å²) in [6, 6.07) is 5.60. The Balaban J connectivity index is 2.92. The lowest BCUT2D eigenvalue weighted by molar-refractivity contribution is -0.384. The number of hydrogen-bond acceptors (Lipinski definition) is 6. The van der Waals surface area contributed by atoms with E-state index in [-0.39, 0.29) is 29.2 Å². The number of sulfonamides is 1. The first-order chi connectivity index (χ1) is 8.33. The minimum atomic E-state index is -3.64. The number of nitrogens with zero attached hydrogens (tertiary/aromatic N) is 2. The van der Waals surface area contributed by atoms with Gasteiger partial charge in [-0.3, -0.25) is 10.1 Å². The maximum absolute atomic E-state index is 10.7. The van der Waals surface area contributed by atoms with Gasteiger partial charge in [0.25, 0.3) is 5.69 Å². The van der Waals surface area contributed by atoms with Crippen LogP contribution in [-0.4, -0.2) is 25.6 Å². The van der Waals surface area contributed by atoms with Crippen molar-refractivity contribution in [2.24, 2.45) is 5.14 Å². The van der Waals surface area contributed by atoms with E-state index in [1.807, 2.05) is 6.07 Å². The second-order valence-electron chi connectivity index (χ2n) is 3.39. The maximum atomic E-state index is 10.7. The van der Waals surface area contributed by atoms with Crippen molar-refractivity contribution in [2.45, 2.75) is 0 Å². The molecule has 0 aliphatic heterocycles. The normalized spacial score (nSPS) is 10.7. The molecule has 1 aromatic rings. The van der Waals surface area contributed by atoms with Crippen LogP contribution in [-0.2, 0) is 10.0 Å². The number of nitrogens with one attached hydrogen (secondary N) is 1. The van der Waals surface area contributed by atoms with Crippen LogP contribution < -0.4 is 10.5 Å². The van der Waals surface area contributed by atoms with Crippen molar-refractivity contribution in [1.82, 2.24) is 0 Å². The van der Waals surface area contributed by atoms with Crippen LogP contribution in [0.1, 0.15) is 5.56 Å². The fourth-order valence-corrected chi connectivity index (χ4v) is 1.62. The zero-order valence-corrected chi connectivity index (χ0v) is 9.98. The standard InChI is InChI=1S/C9H10N4O4S/c10-6-7-1-2-9(13(14)15)8(5-7)12-3-4-18(11,16)17/h1-2,5,12H,3-4H2,(H2,11,16,17). The molecule has 0 unspecified atom stereocenters. The van der Waals surface area contributed by atoms with Crippen molar-refractivity contribution in [1.29, 1.82) is 5.26 Å². The highest BCUT2D eigenvalue weighted by Crippen LogP contribution is 2.24. The van der Waals surface area contributed by atoms with Gasteiger partial charge in [0, 0.05) is 12.6 Å². The van der Waals surface area contributed by atoms with Crippen LogP contribution in [0.25, 0.3) is 0 Å². The van der Waals surface area contributed by atoms with Gasteiger partial charge in [-0.05, 0) is 12.1 Å². The third-order valence-corrected chi connectivity index (χ3v) is 2.80. The van der Waals surface area contributed by atoms with Gasteiger partial charge in [0.2, 0.25) is 10.0 Å². The van der Waals surface area contributed by atoms with Gasteiger partial charge < -0.3 is 5.32 Å². The molecule has 0 aromatic heterocycles. The van der Waals surface area contributed by atoms with Crippen molar-refractivity contribution < 1.29 is 13.3 Å². The number of nitro groups is 1. The number of benzene rings is 1. The van der Waals surface area contributed by atoms with E-state index in [9.17, 15) is 18.5 Å². The van der Waals surface area contributed by atoms with Crippen molar-refractivity contribution in [3.05, 3.63) is 33.9 Å². The van der Waals surface area contributed by atoms with Crippen LogP contribution in [0.15, 0.2) is 18.2 Å². The van der Waals surface area contributed by atoms with Crippen LogP contribution in [0.3, 0.4) is 0 Å².